The molecule has 0 amide bonds. The molecule has 1 heterocycles. The number of carbonyl (C=O) groups is 1. The third-order valence-electron chi connectivity index (χ3n) is 3.29. The van der Waals surface area contributed by atoms with Crippen LogP contribution in [0.3, 0.4) is 0 Å². The molecule has 2 N–H and O–H groups in total. The van der Waals surface area contributed by atoms with Crippen LogP contribution in [0.2, 0.25) is 0 Å². The Kier molecular flexibility index (Phi) is 3.34. The van der Waals surface area contributed by atoms with E-state index in [1.54, 1.807) is 17.9 Å². The molecule has 1 aromatic rings. The van der Waals surface area contributed by atoms with Gasteiger partial charge in [-0.1, -0.05) is 0 Å². The Bertz CT molecular complexity index is 518. The molecule has 1 aliphatic heterocycles. The second-order valence-electron chi connectivity index (χ2n) is 4.75. The Morgan fingerprint density at radius 1 is 1.47 bits per heavy atom. The summed E-state index contributed by atoms with van der Waals surface area (Å²) in [5.41, 5.74) is 7.72. The standard InChI is InChI=1S/C13H16F2N2O2/c1-8-5-11(17-4-3-13(14,15)7-17)10(16)6-9(8)12(18)19-2/h5-6H,3-4,7,16H2,1-2H3. The average molecular weight is 270 g/mol. The number of esters is 1. The molecule has 0 aliphatic carbocycles. The summed E-state index contributed by atoms with van der Waals surface area (Å²) in [4.78, 5) is 13.1. The predicted molar refractivity (Wildman–Crippen MR) is 68.7 cm³/mol. The lowest BCUT2D eigenvalue weighted by atomic mass is 10.1. The Balaban J connectivity index is 2.34. The number of benzene rings is 1. The fourth-order valence-corrected chi connectivity index (χ4v) is 2.25. The Morgan fingerprint density at radius 2 is 2.16 bits per heavy atom. The van der Waals surface area contributed by atoms with Crippen molar-refractivity contribution in [1.82, 2.24) is 0 Å². The van der Waals surface area contributed by atoms with Crippen molar-refractivity contribution in [3.63, 3.8) is 0 Å². The van der Waals surface area contributed by atoms with Gasteiger partial charge in [-0.05, 0) is 24.6 Å². The summed E-state index contributed by atoms with van der Waals surface area (Å²) < 4.78 is 31.1. The van der Waals surface area contributed by atoms with Gasteiger partial charge >= 0.3 is 5.97 Å². The molecule has 1 saturated heterocycles. The number of nitrogen functional groups attached to an aromatic ring is 1. The molecule has 0 spiro atoms. The lowest BCUT2D eigenvalue weighted by Gasteiger charge is -2.21. The molecular weight excluding hydrogens is 254 g/mol. The van der Waals surface area contributed by atoms with Crippen LogP contribution >= 0.6 is 0 Å². The zero-order valence-corrected chi connectivity index (χ0v) is 10.9. The minimum absolute atomic E-state index is 0.176. The number of hydrogen-bond donors (Lipinski definition) is 1. The van der Waals surface area contributed by atoms with Gasteiger partial charge in [-0.3, -0.25) is 0 Å². The van der Waals surface area contributed by atoms with Crippen molar-refractivity contribution in [2.24, 2.45) is 0 Å². The molecule has 0 unspecified atom stereocenters. The summed E-state index contributed by atoms with van der Waals surface area (Å²) in [7, 11) is 1.28. The maximum Gasteiger partial charge on any atom is 0.338 e. The number of anilines is 2. The first-order chi connectivity index (χ1) is 8.84. The van der Waals surface area contributed by atoms with Crippen molar-refractivity contribution < 1.29 is 18.3 Å². The van der Waals surface area contributed by atoms with Crippen LogP contribution in [0.25, 0.3) is 0 Å². The van der Waals surface area contributed by atoms with Crippen LogP contribution < -0.4 is 10.6 Å². The zero-order chi connectivity index (χ0) is 14.2. The molecule has 1 aromatic carbocycles. The van der Waals surface area contributed by atoms with Gasteiger partial charge in [-0.25, -0.2) is 13.6 Å². The van der Waals surface area contributed by atoms with E-state index in [2.05, 4.69) is 4.74 Å². The molecule has 19 heavy (non-hydrogen) atoms. The number of methoxy groups -OCH3 is 1. The highest BCUT2D eigenvalue weighted by atomic mass is 19.3. The molecule has 0 bridgehead atoms. The number of aryl methyl sites for hydroxylation is 1. The predicted octanol–water partition coefficient (Wildman–Crippen LogP) is 2.21. The van der Waals surface area contributed by atoms with Gasteiger partial charge in [0.1, 0.15) is 0 Å². The van der Waals surface area contributed by atoms with Gasteiger partial charge in [-0.15, -0.1) is 0 Å². The molecule has 1 aliphatic rings. The Hall–Kier alpha value is -1.85. The van der Waals surface area contributed by atoms with E-state index >= 15 is 0 Å². The van der Waals surface area contributed by atoms with Crippen molar-refractivity contribution in [3.8, 4) is 0 Å². The normalized spacial score (nSPS) is 17.6. The number of halogens is 2. The van der Waals surface area contributed by atoms with Crippen molar-refractivity contribution in [2.45, 2.75) is 19.3 Å². The van der Waals surface area contributed by atoms with E-state index in [4.69, 9.17) is 5.73 Å². The second kappa shape index (κ2) is 4.68. The largest absolute Gasteiger partial charge is 0.465 e. The SMILES string of the molecule is COC(=O)c1cc(N)c(N2CCC(F)(F)C2)cc1C. The van der Waals surface area contributed by atoms with E-state index in [1.807, 2.05) is 0 Å². The maximum absolute atomic E-state index is 13.2. The second-order valence-corrected chi connectivity index (χ2v) is 4.75. The third-order valence-corrected chi connectivity index (χ3v) is 3.29. The van der Waals surface area contributed by atoms with Gasteiger partial charge in [0.05, 0.1) is 30.6 Å². The molecule has 6 heteroatoms. The molecule has 0 saturated carbocycles. The number of nitrogens with two attached hydrogens (primary N) is 1. The minimum Gasteiger partial charge on any atom is -0.465 e. The van der Waals surface area contributed by atoms with E-state index in [9.17, 15) is 13.6 Å². The summed E-state index contributed by atoms with van der Waals surface area (Å²) >= 11 is 0. The van der Waals surface area contributed by atoms with Gasteiger partial charge in [0.2, 0.25) is 0 Å². The van der Waals surface area contributed by atoms with Gasteiger partial charge < -0.3 is 15.4 Å². The topological polar surface area (TPSA) is 55.6 Å². The first-order valence-corrected chi connectivity index (χ1v) is 5.95. The molecule has 0 aromatic heterocycles. The van der Waals surface area contributed by atoms with Crippen LogP contribution in [0.15, 0.2) is 12.1 Å². The van der Waals surface area contributed by atoms with E-state index in [-0.39, 0.29) is 19.5 Å². The quantitative estimate of drug-likeness (QED) is 0.661. The molecule has 1 fully saturated rings. The average Bonchev–Trinajstić information content (AvgIpc) is 2.71. The van der Waals surface area contributed by atoms with Crippen molar-refractivity contribution >= 4 is 17.3 Å². The molecule has 0 radical (unpaired) electrons. The van der Waals surface area contributed by atoms with Gasteiger partial charge in [0.15, 0.2) is 0 Å². The lowest BCUT2D eigenvalue weighted by Crippen LogP contribution is -2.25. The van der Waals surface area contributed by atoms with Gasteiger partial charge in [0, 0.05) is 13.0 Å². The van der Waals surface area contributed by atoms with Crippen LogP contribution in [-0.4, -0.2) is 32.1 Å². The summed E-state index contributed by atoms with van der Waals surface area (Å²) in [6.45, 7) is 1.64. The van der Waals surface area contributed by atoms with E-state index < -0.39 is 11.9 Å². The highest BCUT2D eigenvalue weighted by Gasteiger charge is 2.38. The van der Waals surface area contributed by atoms with Crippen molar-refractivity contribution in [3.05, 3.63) is 23.3 Å². The summed E-state index contributed by atoms with van der Waals surface area (Å²) in [6.07, 6.45) is -0.176. The van der Waals surface area contributed by atoms with Crippen LogP contribution in [0, 0.1) is 6.92 Å². The number of rotatable bonds is 2. The first kappa shape index (κ1) is 13.6. The number of hydrogen-bond acceptors (Lipinski definition) is 4. The van der Waals surface area contributed by atoms with E-state index in [0.29, 0.717) is 22.5 Å². The summed E-state index contributed by atoms with van der Waals surface area (Å²) in [5, 5.41) is 0. The molecule has 2 rings (SSSR count). The molecule has 0 atom stereocenters. The highest BCUT2D eigenvalue weighted by Crippen LogP contribution is 2.35. The fraction of sp³-hybridized carbons (Fsp3) is 0.462. The van der Waals surface area contributed by atoms with Crippen LogP contribution in [0.4, 0.5) is 20.2 Å². The van der Waals surface area contributed by atoms with Gasteiger partial charge in [0.25, 0.3) is 5.92 Å². The Morgan fingerprint density at radius 3 is 2.68 bits per heavy atom. The number of alkyl halides is 2. The number of nitrogens with zero attached hydrogens (tertiary/aromatic N) is 1. The molecule has 104 valence electrons. The monoisotopic (exact) mass is 270 g/mol. The van der Waals surface area contributed by atoms with Crippen molar-refractivity contribution in [1.29, 1.82) is 0 Å². The lowest BCUT2D eigenvalue weighted by molar-refractivity contribution is 0.0257. The highest BCUT2D eigenvalue weighted by molar-refractivity contribution is 5.93. The smallest absolute Gasteiger partial charge is 0.338 e. The zero-order valence-electron chi connectivity index (χ0n) is 10.9. The van der Waals surface area contributed by atoms with Gasteiger partial charge in [-0.2, -0.15) is 0 Å². The molecule has 4 nitrogen and oxygen atoms in total. The molecular formula is C13H16F2N2O2. The van der Waals surface area contributed by atoms with E-state index in [1.165, 1.54) is 13.2 Å². The fourth-order valence-electron chi connectivity index (χ4n) is 2.25. The van der Waals surface area contributed by atoms with Crippen LogP contribution in [-0.2, 0) is 4.74 Å². The maximum atomic E-state index is 13.2. The first-order valence-electron chi connectivity index (χ1n) is 5.95. The third kappa shape index (κ3) is 2.62. The number of ether oxygens (including phenoxy) is 1. The summed E-state index contributed by atoms with van der Waals surface area (Å²) in [6, 6.07) is 3.13. The van der Waals surface area contributed by atoms with E-state index in [0.717, 1.165) is 0 Å². The van der Waals surface area contributed by atoms with Crippen LogP contribution in [0.1, 0.15) is 22.3 Å². The van der Waals surface area contributed by atoms with Crippen molar-refractivity contribution in [2.75, 3.05) is 30.8 Å². The minimum atomic E-state index is -2.68. The summed E-state index contributed by atoms with van der Waals surface area (Å²) in [5.74, 6) is -3.16. The Labute approximate surface area is 110 Å². The number of carbonyl (C=O) groups excluding carboxylic acids is 1. The van der Waals surface area contributed by atoms with Crippen LogP contribution in [0.5, 0.6) is 0 Å².